The van der Waals surface area contributed by atoms with Gasteiger partial charge in [0, 0.05) is 12.7 Å². The van der Waals surface area contributed by atoms with Crippen molar-refractivity contribution in [2.75, 3.05) is 5.73 Å². The molecule has 0 aliphatic carbocycles. The predicted molar refractivity (Wildman–Crippen MR) is 66.5 cm³/mol. The molecule has 0 aliphatic heterocycles. The summed E-state index contributed by atoms with van der Waals surface area (Å²) >= 11 is 0. The average molecular weight is 248 g/mol. The monoisotopic (exact) mass is 248 g/mol. The van der Waals surface area contributed by atoms with Gasteiger partial charge in [0.1, 0.15) is 0 Å². The lowest BCUT2D eigenvalue weighted by Gasteiger charge is -2.06. The van der Waals surface area contributed by atoms with E-state index in [1.54, 1.807) is 24.3 Å². The Morgan fingerprint density at radius 2 is 1.72 bits per heavy atom. The number of nitrogen functional groups attached to an aromatic ring is 1. The van der Waals surface area contributed by atoms with E-state index < -0.39 is 17.1 Å². The number of nitrogens with two attached hydrogens (primary N) is 1. The largest absolute Gasteiger partial charge is 0.399 e. The van der Waals surface area contributed by atoms with Crippen LogP contribution in [0.2, 0.25) is 0 Å². The topological polar surface area (TPSA) is 103 Å². The van der Waals surface area contributed by atoms with Crippen molar-refractivity contribution in [2.45, 2.75) is 6.54 Å². The maximum atomic E-state index is 11.8. The van der Waals surface area contributed by atoms with Crippen LogP contribution in [0.4, 0.5) is 5.69 Å². The van der Waals surface area contributed by atoms with Gasteiger partial charge in [-0.2, -0.15) is 0 Å². The fourth-order valence-electron chi connectivity index (χ4n) is 1.54. The van der Waals surface area contributed by atoms with Crippen LogP contribution in [0.25, 0.3) is 0 Å². The number of hydrogen-bond donors (Lipinski definition) is 2. The standard InChI is InChI=1S/C11H12N4O3/c1-14-9(16)13-10(17)15(11(14)18)6-7-2-4-8(12)5-3-7/h2-5H,6,12H2,1H3,(H,13,16,17). The zero-order valence-corrected chi connectivity index (χ0v) is 9.71. The van der Waals surface area contributed by atoms with Crippen LogP contribution in [0.15, 0.2) is 38.6 Å². The minimum atomic E-state index is -0.724. The van der Waals surface area contributed by atoms with Gasteiger partial charge < -0.3 is 5.73 Å². The third kappa shape index (κ3) is 2.10. The van der Waals surface area contributed by atoms with Crippen molar-refractivity contribution < 1.29 is 0 Å². The summed E-state index contributed by atoms with van der Waals surface area (Å²) in [7, 11) is 1.31. The average Bonchev–Trinajstić information content (AvgIpc) is 2.34. The van der Waals surface area contributed by atoms with Gasteiger partial charge >= 0.3 is 17.1 Å². The van der Waals surface area contributed by atoms with Crippen molar-refractivity contribution in [2.24, 2.45) is 7.05 Å². The number of aromatic nitrogens is 3. The first kappa shape index (κ1) is 11.9. The molecule has 0 amide bonds. The van der Waals surface area contributed by atoms with E-state index in [1.165, 1.54) is 7.05 Å². The molecule has 0 saturated carbocycles. The summed E-state index contributed by atoms with van der Waals surface area (Å²) in [5, 5.41) is 0. The molecule has 0 unspecified atom stereocenters. The van der Waals surface area contributed by atoms with Crippen molar-refractivity contribution in [3.05, 3.63) is 61.3 Å². The molecular weight excluding hydrogens is 236 g/mol. The lowest BCUT2D eigenvalue weighted by atomic mass is 10.2. The maximum Gasteiger partial charge on any atom is 0.336 e. The minimum absolute atomic E-state index is 0.0859. The number of anilines is 1. The Kier molecular flexibility index (Phi) is 2.88. The van der Waals surface area contributed by atoms with E-state index in [0.29, 0.717) is 5.69 Å². The van der Waals surface area contributed by atoms with Crippen LogP contribution < -0.4 is 22.8 Å². The highest BCUT2D eigenvalue weighted by Crippen LogP contribution is 2.05. The van der Waals surface area contributed by atoms with E-state index in [9.17, 15) is 14.4 Å². The van der Waals surface area contributed by atoms with Gasteiger partial charge in [-0.3, -0.25) is 4.98 Å². The second-order valence-electron chi connectivity index (χ2n) is 3.90. The summed E-state index contributed by atoms with van der Waals surface area (Å²) in [6.45, 7) is 0.0859. The van der Waals surface area contributed by atoms with Gasteiger partial charge in [0.25, 0.3) is 0 Å². The van der Waals surface area contributed by atoms with Gasteiger partial charge in [-0.15, -0.1) is 0 Å². The Morgan fingerprint density at radius 1 is 1.11 bits per heavy atom. The van der Waals surface area contributed by atoms with E-state index >= 15 is 0 Å². The van der Waals surface area contributed by atoms with E-state index in [4.69, 9.17) is 5.73 Å². The zero-order valence-electron chi connectivity index (χ0n) is 9.71. The van der Waals surface area contributed by atoms with Crippen molar-refractivity contribution in [1.29, 1.82) is 0 Å². The SMILES string of the molecule is Cn1c(=O)[nH]c(=O)n(Cc2ccc(N)cc2)c1=O. The van der Waals surface area contributed by atoms with Crippen molar-refractivity contribution in [1.82, 2.24) is 14.1 Å². The normalized spacial score (nSPS) is 10.5. The van der Waals surface area contributed by atoms with Gasteiger partial charge in [-0.05, 0) is 17.7 Å². The lowest BCUT2D eigenvalue weighted by molar-refractivity contribution is 0.586. The molecule has 0 saturated heterocycles. The molecule has 0 spiro atoms. The number of rotatable bonds is 2. The Morgan fingerprint density at radius 3 is 2.33 bits per heavy atom. The van der Waals surface area contributed by atoms with Gasteiger partial charge in [0.2, 0.25) is 0 Å². The molecule has 2 aromatic rings. The van der Waals surface area contributed by atoms with E-state index in [0.717, 1.165) is 14.7 Å². The fourth-order valence-corrected chi connectivity index (χ4v) is 1.54. The molecule has 1 aromatic carbocycles. The van der Waals surface area contributed by atoms with Crippen LogP contribution in [0, 0.1) is 0 Å². The zero-order chi connectivity index (χ0) is 13.3. The first-order valence-electron chi connectivity index (χ1n) is 5.23. The number of H-pyrrole nitrogens is 1. The number of benzene rings is 1. The Labute approximate surface area is 101 Å². The van der Waals surface area contributed by atoms with Crippen LogP contribution in [0.1, 0.15) is 5.56 Å². The Balaban J connectivity index is 2.50. The smallest absolute Gasteiger partial charge is 0.336 e. The molecule has 2 rings (SSSR count). The molecule has 0 bridgehead atoms. The molecule has 0 radical (unpaired) electrons. The van der Waals surface area contributed by atoms with E-state index in [-0.39, 0.29) is 6.54 Å². The Bertz CT molecular complexity index is 737. The summed E-state index contributed by atoms with van der Waals surface area (Å²) < 4.78 is 1.80. The predicted octanol–water partition coefficient (Wildman–Crippen LogP) is -1.13. The van der Waals surface area contributed by atoms with Crippen LogP contribution >= 0.6 is 0 Å². The quantitative estimate of drug-likeness (QED) is 0.656. The molecule has 18 heavy (non-hydrogen) atoms. The third-order valence-electron chi connectivity index (χ3n) is 2.60. The second-order valence-corrected chi connectivity index (χ2v) is 3.90. The first-order chi connectivity index (χ1) is 8.49. The molecule has 0 fully saturated rings. The highest BCUT2D eigenvalue weighted by Gasteiger charge is 2.06. The van der Waals surface area contributed by atoms with E-state index in [2.05, 4.69) is 4.98 Å². The molecule has 3 N–H and O–H groups in total. The summed E-state index contributed by atoms with van der Waals surface area (Å²) in [6, 6.07) is 6.78. The Hall–Kier alpha value is -2.57. The number of aromatic amines is 1. The summed E-state index contributed by atoms with van der Waals surface area (Å²) in [5.41, 5.74) is 4.79. The van der Waals surface area contributed by atoms with Crippen LogP contribution in [0.5, 0.6) is 0 Å². The third-order valence-corrected chi connectivity index (χ3v) is 2.60. The van der Waals surface area contributed by atoms with Crippen LogP contribution in [0.3, 0.4) is 0 Å². The van der Waals surface area contributed by atoms with Crippen LogP contribution in [-0.4, -0.2) is 14.1 Å². The molecule has 7 nitrogen and oxygen atoms in total. The lowest BCUT2D eigenvalue weighted by Crippen LogP contribution is -2.48. The summed E-state index contributed by atoms with van der Waals surface area (Å²) in [6.07, 6.45) is 0. The highest BCUT2D eigenvalue weighted by molar-refractivity contribution is 5.39. The number of nitrogens with one attached hydrogen (secondary N) is 1. The molecule has 94 valence electrons. The molecule has 1 aromatic heterocycles. The van der Waals surface area contributed by atoms with Crippen molar-refractivity contribution >= 4 is 5.69 Å². The number of hydrogen-bond acceptors (Lipinski definition) is 4. The molecule has 0 atom stereocenters. The minimum Gasteiger partial charge on any atom is -0.399 e. The fraction of sp³-hybridized carbons (Fsp3) is 0.182. The van der Waals surface area contributed by atoms with Crippen molar-refractivity contribution in [3.8, 4) is 0 Å². The van der Waals surface area contributed by atoms with Gasteiger partial charge in [0.05, 0.1) is 6.54 Å². The van der Waals surface area contributed by atoms with E-state index in [1.807, 2.05) is 0 Å². The number of nitrogens with zero attached hydrogens (tertiary/aromatic N) is 2. The molecule has 1 heterocycles. The summed E-state index contributed by atoms with van der Waals surface area (Å²) in [4.78, 5) is 36.6. The maximum absolute atomic E-state index is 11.8. The highest BCUT2D eigenvalue weighted by atomic mass is 16.2. The van der Waals surface area contributed by atoms with Crippen LogP contribution in [-0.2, 0) is 13.6 Å². The molecule has 0 aliphatic rings. The van der Waals surface area contributed by atoms with Gasteiger partial charge in [-0.25, -0.2) is 23.5 Å². The first-order valence-corrected chi connectivity index (χ1v) is 5.23. The van der Waals surface area contributed by atoms with Gasteiger partial charge in [0.15, 0.2) is 0 Å². The van der Waals surface area contributed by atoms with Gasteiger partial charge in [-0.1, -0.05) is 12.1 Å². The molecule has 7 heteroatoms. The summed E-state index contributed by atoms with van der Waals surface area (Å²) in [5.74, 6) is 0. The molecular formula is C11H12N4O3. The second kappa shape index (κ2) is 4.36. The van der Waals surface area contributed by atoms with Crippen molar-refractivity contribution in [3.63, 3.8) is 0 Å².